The molecule has 6 heteroatoms. The highest BCUT2D eigenvalue weighted by Crippen LogP contribution is 2.12. The first-order chi connectivity index (χ1) is 8.17. The summed E-state index contributed by atoms with van der Waals surface area (Å²) in [7, 11) is 3.10. The molecule has 0 bridgehead atoms. The minimum Gasteiger partial charge on any atom is -0.450 e. The zero-order valence-corrected chi connectivity index (χ0v) is 12.0. The van der Waals surface area contributed by atoms with Crippen molar-refractivity contribution in [3.63, 3.8) is 0 Å². The zero-order chi connectivity index (χ0) is 14.4. The van der Waals surface area contributed by atoms with E-state index < -0.39 is 17.2 Å². The fourth-order valence-electron chi connectivity index (χ4n) is 1.37. The molecule has 18 heavy (non-hydrogen) atoms. The Morgan fingerprint density at radius 2 is 1.72 bits per heavy atom. The van der Waals surface area contributed by atoms with Crippen molar-refractivity contribution in [3.8, 4) is 0 Å². The normalized spacial score (nSPS) is 14.8. The van der Waals surface area contributed by atoms with Crippen molar-refractivity contribution in [1.29, 1.82) is 0 Å². The lowest BCUT2D eigenvalue weighted by Gasteiger charge is -2.30. The van der Waals surface area contributed by atoms with Gasteiger partial charge in [-0.1, -0.05) is 0 Å². The lowest BCUT2D eigenvalue weighted by Crippen LogP contribution is -2.51. The van der Waals surface area contributed by atoms with Gasteiger partial charge in [-0.2, -0.15) is 0 Å². The van der Waals surface area contributed by atoms with Crippen LogP contribution >= 0.6 is 0 Å². The summed E-state index contributed by atoms with van der Waals surface area (Å²) in [5.41, 5.74) is -1.82. The van der Waals surface area contributed by atoms with Gasteiger partial charge in [0.25, 0.3) is 5.91 Å². The van der Waals surface area contributed by atoms with Crippen LogP contribution in [0.1, 0.15) is 27.7 Å². The maximum absolute atomic E-state index is 11.9. The summed E-state index contributed by atoms with van der Waals surface area (Å²) < 4.78 is 15.2. The van der Waals surface area contributed by atoms with Crippen LogP contribution in [0.2, 0.25) is 0 Å². The van der Waals surface area contributed by atoms with Crippen molar-refractivity contribution in [2.75, 3.05) is 27.4 Å². The van der Waals surface area contributed by atoms with Crippen LogP contribution in [0.25, 0.3) is 0 Å². The molecule has 0 unspecified atom stereocenters. The summed E-state index contributed by atoms with van der Waals surface area (Å²) in [4.78, 5) is 22.8. The zero-order valence-electron chi connectivity index (χ0n) is 12.0. The quantitative estimate of drug-likeness (QED) is 0.675. The van der Waals surface area contributed by atoms with Gasteiger partial charge in [0.2, 0.25) is 0 Å². The molecule has 0 aliphatic carbocycles. The predicted molar refractivity (Wildman–Crippen MR) is 66.1 cm³/mol. The number of rotatable bonds is 7. The third-order valence-electron chi connectivity index (χ3n) is 2.51. The number of hydrogen-bond acceptors (Lipinski definition) is 5. The Morgan fingerprint density at radius 3 is 2.11 bits per heavy atom. The maximum atomic E-state index is 11.9. The SMILES string of the molecule is COC[C@](C)(CNC(=O)C(C)(C)OC(C)=O)OC. The standard InChI is InChI=1S/C12H23NO5/c1-9(14)18-11(2,3)10(15)13-7-12(4,17-6)8-16-5/h7-8H2,1-6H3,(H,13,15)/t12-/m0/s1. The fourth-order valence-corrected chi connectivity index (χ4v) is 1.37. The fraction of sp³-hybridized carbons (Fsp3) is 0.833. The molecule has 0 fully saturated rings. The molecule has 1 amide bonds. The number of carbonyl (C=O) groups excluding carboxylic acids is 2. The van der Waals surface area contributed by atoms with E-state index in [1.165, 1.54) is 20.8 Å². The number of amides is 1. The molecule has 0 aliphatic rings. The second-order valence-electron chi connectivity index (χ2n) is 4.87. The minimum absolute atomic E-state index is 0.265. The van der Waals surface area contributed by atoms with Crippen LogP contribution in [0.4, 0.5) is 0 Å². The Hall–Kier alpha value is -1.14. The van der Waals surface area contributed by atoms with E-state index in [1.807, 2.05) is 6.92 Å². The topological polar surface area (TPSA) is 73.9 Å². The predicted octanol–water partition coefficient (Wildman–Crippen LogP) is 0.496. The Balaban J connectivity index is 4.44. The van der Waals surface area contributed by atoms with Gasteiger partial charge < -0.3 is 19.5 Å². The monoisotopic (exact) mass is 261 g/mol. The molecule has 0 aliphatic heterocycles. The number of esters is 1. The van der Waals surface area contributed by atoms with E-state index in [9.17, 15) is 9.59 Å². The number of nitrogens with one attached hydrogen (secondary N) is 1. The van der Waals surface area contributed by atoms with Crippen LogP contribution in [0.5, 0.6) is 0 Å². The number of ether oxygens (including phenoxy) is 3. The Bertz CT molecular complexity index is 303. The Kier molecular flexibility index (Phi) is 6.28. The molecule has 1 N–H and O–H groups in total. The molecule has 106 valence electrons. The van der Waals surface area contributed by atoms with Crippen molar-refractivity contribution >= 4 is 11.9 Å². The van der Waals surface area contributed by atoms with E-state index in [2.05, 4.69) is 5.32 Å². The summed E-state index contributed by atoms with van der Waals surface area (Å²) in [6.45, 7) is 6.75. The van der Waals surface area contributed by atoms with Crippen molar-refractivity contribution in [2.45, 2.75) is 38.9 Å². The molecule has 0 aromatic carbocycles. The van der Waals surface area contributed by atoms with E-state index in [-0.39, 0.29) is 12.5 Å². The third-order valence-corrected chi connectivity index (χ3v) is 2.51. The summed E-state index contributed by atoms with van der Waals surface area (Å²) >= 11 is 0. The van der Waals surface area contributed by atoms with Gasteiger partial charge in [0.15, 0.2) is 5.60 Å². The second-order valence-corrected chi connectivity index (χ2v) is 4.87. The van der Waals surface area contributed by atoms with Crippen molar-refractivity contribution in [1.82, 2.24) is 5.32 Å². The first kappa shape index (κ1) is 16.9. The van der Waals surface area contributed by atoms with Gasteiger partial charge in [0.05, 0.1) is 6.61 Å². The van der Waals surface area contributed by atoms with Crippen molar-refractivity contribution in [2.24, 2.45) is 0 Å². The molecule has 1 atom stereocenters. The van der Waals surface area contributed by atoms with Gasteiger partial charge in [0, 0.05) is 27.7 Å². The van der Waals surface area contributed by atoms with Gasteiger partial charge in [0.1, 0.15) is 5.60 Å². The van der Waals surface area contributed by atoms with Crippen molar-refractivity contribution < 1.29 is 23.8 Å². The van der Waals surface area contributed by atoms with E-state index in [1.54, 1.807) is 14.2 Å². The van der Waals surface area contributed by atoms with Gasteiger partial charge in [-0.25, -0.2) is 0 Å². The first-order valence-electron chi connectivity index (χ1n) is 5.69. The maximum Gasteiger partial charge on any atom is 0.303 e. The summed E-state index contributed by atoms with van der Waals surface area (Å²) in [5, 5.41) is 2.68. The van der Waals surface area contributed by atoms with Crippen LogP contribution in [0, 0.1) is 0 Å². The average molecular weight is 261 g/mol. The van der Waals surface area contributed by atoms with Gasteiger partial charge in [-0.3, -0.25) is 9.59 Å². The number of carbonyl (C=O) groups is 2. The van der Waals surface area contributed by atoms with Gasteiger partial charge in [-0.05, 0) is 20.8 Å². The molecular formula is C12H23NO5. The largest absolute Gasteiger partial charge is 0.450 e. The lowest BCUT2D eigenvalue weighted by molar-refractivity contribution is -0.163. The highest BCUT2D eigenvalue weighted by Gasteiger charge is 2.33. The molecular weight excluding hydrogens is 238 g/mol. The molecule has 0 aromatic heterocycles. The van der Waals surface area contributed by atoms with E-state index >= 15 is 0 Å². The Morgan fingerprint density at radius 1 is 1.17 bits per heavy atom. The molecule has 0 saturated heterocycles. The molecule has 0 radical (unpaired) electrons. The van der Waals surface area contributed by atoms with Crippen LogP contribution in [0.3, 0.4) is 0 Å². The Labute approximate surface area is 108 Å². The third kappa shape index (κ3) is 5.46. The molecule has 0 aromatic rings. The molecule has 6 nitrogen and oxygen atoms in total. The van der Waals surface area contributed by atoms with Gasteiger partial charge in [-0.15, -0.1) is 0 Å². The van der Waals surface area contributed by atoms with Gasteiger partial charge >= 0.3 is 5.97 Å². The van der Waals surface area contributed by atoms with Crippen LogP contribution < -0.4 is 5.32 Å². The summed E-state index contributed by atoms with van der Waals surface area (Å²) in [6.07, 6.45) is 0. The van der Waals surface area contributed by atoms with E-state index in [0.29, 0.717) is 6.61 Å². The summed E-state index contributed by atoms with van der Waals surface area (Å²) in [6, 6.07) is 0. The van der Waals surface area contributed by atoms with Crippen LogP contribution in [-0.2, 0) is 23.8 Å². The molecule has 0 rings (SSSR count). The first-order valence-corrected chi connectivity index (χ1v) is 5.69. The highest BCUT2D eigenvalue weighted by molar-refractivity contribution is 5.86. The molecule has 0 heterocycles. The molecule has 0 saturated carbocycles. The van der Waals surface area contributed by atoms with Crippen LogP contribution in [0.15, 0.2) is 0 Å². The average Bonchev–Trinajstić information content (AvgIpc) is 2.24. The summed E-state index contributed by atoms with van der Waals surface area (Å²) in [5.74, 6) is -0.876. The number of methoxy groups -OCH3 is 2. The number of hydrogen-bond donors (Lipinski definition) is 1. The second kappa shape index (κ2) is 6.70. The highest BCUT2D eigenvalue weighted by atomic mass is 16.6. The van der Waals surface area contributed by atoms with E-state index in [4.69, 9.17) is 14.2 Å². The smallest absolute Gasteiger partial charge is 0.303 e. The van der Waals surface area contributed by atoms with Crippen LogP contribution in [-0.4, -0.2) is 50.4 Å². The van der Waals surface area contributed by atoms with E-state index in [0.717, 1.165) is 0 Å². The minimum atomic E-state index is -1.20. The molecule has 0 spiro atoms. The van der Waals surface area contributed by atoms with Crippen molar-refractivity contribution in [3.05, 3.63) is 0 Å². The lowest BCUT2D eigenvalue weighted by atomic mass is 10.1.